The number of carbonyl (C=O) groups excluding carboxylic acids is 1. The Bertz CT molecular complexity index is 802. The maximum Gasteiger partial charge on any atom is 0.220 e. The normalized spacial score (nSPS) is 10.9. The number of rotatable bonds is 7. The molecule has 1 aromatic heterocycles. The molecule has 2 aromatic carbocycles. The summed E-state index contributed by atoms with van der Waals surface area (Å²) in [6, 6.07) is 14.6. The van der Waals surface area contributed by atoms with Crippen LogP contribution in [0, 0.1) is 5.82 Å². The number of nitrogens with zero attached hydrogens (tertiary/aromatic N) is 1. The van der Waals surface area contributed by atoms with Gasteiger partial charge < -0.3 is 5.32 Å². The Kier molecular flexibility index (Phi) is 5.82. The van der Waals surface area contributed by atoms with Gasteiger partial charge in [-0.25, -0.2) is 9.37 Å². The lowest BCUT2D eigenvalue weighted by Gasteiger charge is -2.04. The molecule has 0 saturated heterocycles. The van der Waals surface area contributed by atoms with Crippen molar-refractivity contribution in [3.8, 4) is 0 Å². The molecule has 1 amide bonds. The van der Waals surface area contributed by atoms with E-state index in [1.807, 2.05) is 18.2 Å². The van der Waals surface area contributed by atoms with E-state index in [1.165, 1.54) is 22.5 Å². The van der Waals surface area contributed by atoms with Crippen LogP contribution in [0.1, 0.15) is 11.4 Å². The molecule has 24 heavy (non-hydrogen) atoms. The molecular formula is C18H17FN2OS2. The highest BCUT2D eigenvalue weighted by Gasteiger charge is 2.06. The Morgan fingerprint density at radius 2 is 1.96 bits per heavy atom. The number of thioether (sulfide) groups is 1. The maximum absolute atomic E-state index is 13.5. The van der Waals surface area contributed by atoms with E-state index >= 15 is 0 Å². The number of halogens is 1. The van der Waals surface area contributed by atoms with E-state index in [4.69, 9.17) is 0 Å². The molecule has 0 bridgehead atoms. The van der Waals surface area contributed by atoms with Gasteiger partial charge in [0.25, 0.3) is 0 Å². The Hall–Kier alpha value is -1.92. The molecule has 0 saturated carbocycles. The summed E-state index contributed by atoms with van der Waals surface area (Å²) >= 11 is 3.02. The van der Waals surface area contributed by atoms with Gasteiger partial charge in [0, 0.05) is 30.0 Å². The number of thiazole rings is 1. The van der Waals surface area contributed by atoms with Crippen molar-refractivity contribution in [2.24, 2.45) is 0 Å². The van der Waals surface area contributed by atoms with E-state index in [-0.39, 0.29) is 11.7 Å². The van der Waals surface area contributed by atoms with Gasteiger partial charge in [0.05, 0.1) is 15.2 Å². The number of nitrogens with one attached hydrogen (secondary N) is 1. The van der Waals surface area contributed by atoms with Gasteiger partial charge >= 0.3 is 0 Å². The van der Waals surface area contributed by atoms with Crippen LogP contribution in [0.4, 0.5) is 4.39 Å². The molecule has 1 N–H and O–H groups in total. The van der Waals surface area contributed by atoms with Crippen molar-refractivity contribution < 1.29 is 9.18 Å². The van der Waals surface area contributed by atoms with Crippen molar-refractivity contribution in [3.05, 3.63) is 59.4 Å². The van der Waals surface area contributed by atoms with Crippen LogP contribution in [0.15, 0.2) is 53.4 Å². The third-order valence-electron chi connectivity index (χ3n) is 3.42. The third-order valence-corrected chi connectivity index (χ3v) is 5.57. The minimum atomic E-state index is -0.237. The highest BCUT2D eigenvalue weighted by atomic mass is 32.2. The molecule has 3 nitrogen and oxygen atoms in total. The van der Waals surface area contributed by atoms with E-state index in [1.54, 1.807) is 29.5 Å². The number of hydrogen-bond donors (Lipinski definition) is 1. The van der Waals surface area contributed by atoms with Gasteiger partial charge in [-0.3, -0.25) is 4.79 Å². The van der Waals surface area contributed by atoms with E-state index in [9.17, 15) is 9.18 Å². The summed E-state index contributed by atoms with van der Waals surface area (Å²) in [5.74, 6) is 0.312. The molecule has 0 unspecified atom stereocenters. The highest BCUT2D eigenvalue weighted by molar-refractivity contribution is 7.99. The van der Waals surface area contributed by atoms with Crippen molar-refractivity contribution in [2.75, 3.05) is 12.3 Å². The van der Waals surface area contributed by atoms with Gasteiger partial charge in [-0.2, -0.15) is 0 Å². The highest BCUT2D eigenvalue weighted by Crippen LogP contribution is 2.22. The molecule has 0 radical (unpaired) electrons. The minimum absolute atomic E-state index is 0.0139. The largest absolute Gasteiger partial charge is 0.356 e. The van der Waals surface area contributed by atoms with Crippen molar-refractivity contribution in [1.29, 1.82) is 0 Å². The first-order valence-corrected chi connectivity index (χ1v) is 9.51. The maximum atomic E-state index is 13.5. The van der Waals surface area contributed by atoms with Gasteiger partial charge in [-0.05, 0) is 24.3 Å². The van der Waals surface area contributed by atoms with E-state index in [0.717, 1.165) is 16.9 Å². The first-order valence-electron chi connectivity index (χ1n) is 7.71. The molecule has 0 atom stereocenters. The summed E-state index contributed by atoms with van der Waals surface area (Å²) in [6.45, 7) is 0.572. The standard InChI is InChI=1S/C18H17FN2OS2/c19-13-5-1-3-7-15(13)23-12-10-17(22)20-11-9-18-21-14-6-2-4-8-16(14)24-18/h1-8H,9-12H2,(H,20,22). The molecule has 0 fully saturated rings. The molecule has 6 heteroatoms. The lowest BCUT2D eigenvalue weighted by molar-refractivity contribution is -0.120. The lowest BCUT2D eigenvalue weighted by Crippen LogP contribution is -2.25. The lowest BCUT2D eigenvalue weighted by atomic mass is 10.3. The molecule has 0 aliphatic rings. The Morgan fingerprint density at radius 1 is 1.17 bits per heavy atom. The quantitative estimate of drug-likeness (QED) is 0.640. The van der Waals surface area contributed by atoms with Crippen LogP contribution in [0.5, 0.6) is 0 Å². The van der Waals surface area contributed by atoms with Crippen LogP contribution >= 0.6 is 23.1 Å². The van der Waals surface area contributed by atoms with Crippen LogP contribution in [0.2, 0.25) is 0 Å². The Balaban J connectivity index is 1.39. The molecule has 1 heterocycles. The second-order valence-electron chi connectivity index (χ2n) is 5.20. The number of benzene rings is 2. The van der Waals surface area contributed by atoms with E-state index in [2.05, 4.69) is 16.4 Å². The second kappa shape index (κ2) is 8.26. The van der Waals surface area contributed by atoms with Gasteiger partial charge in [0.2, 0.25) is 5.91 Å². The van der Waals surface area contributed by atoms with E-state index in [0.29, 0.717) is 23.6 Å². The zero-order valence-electron chi connectivity index (χ0n) is 13.0. The van der Waals surface area contributed by atoms with Crippen molar-refractivity contribution in [2.45, 2.75) is 17.7 Å². The minimum Gasteiger partial charge on any atom is -0.356 e. The number of aromatic nitrogens is 1. The number of fused-ring (bicyclic) bond motifs is 1. The fourth-order valence-corrected chi connectivity index (χ4v) is 4.09. The van der Waals surface area contributed by atoms with Crippen molar-refractivity contribution in [1.82, 2.24) is 10.3 Å². The van der Waals surface area contributed by atoms with Crippen LogP contribution < -0.4 is 5.32 Å². The van der Waals surface area contributed by atoms with Crippen molar-refractivity contribution >= 4 is 39.2 Å². The third kappa shape index (κ3) is 4.55. The topological polar surface area (TPSA) is 42.0 Å². The van der Waals surface area contributed by atoms with Gasteiger partial charge in [-0.15, -0.1) is 23.1 Å². The molecular weight excluding hydrogens is 343 g/mol. The number of hydrogen-bond acceptors (Lipinski definition) is 4. The second-order valence-corrected chi connectivity index (χ2v) is 7.46. The smallest absolute Gasteiger partial charge is 0.220 e. The van der Waals surface area contributed by atoms with Gasteiger partial charge in [0.1, 0.15) is 5.82 Å². The van der Waals surface area contributed by atoms with Crippen LogP contribution in [0.3, 0.4) is 0 Å². The first kappa shape index (κ1) is 16.9. The zero-order valence-corrected chi connectivity index (χ0v) is 14.6. The Labute approximate surface area is 148 Å². The molecule has 0 aliphatic carbocycles. The molecule has 0 spiro atoms. The number of para-hydroxylation sites is 1. The zero-order chi connectivity index (χ0) is 16.8. The summed E-state index contributed by atoms with van der Waals surface area (Å²) in [6.07, 6.45) is 1.10. The SMILES string of the molecule is O=C(CCSc1ccccc1F)NCCc1nc2ccccc2s1. The predicted octanol–water partition coefficient (Wildman–Crippen LogP) is 4.28. The predicted molar refractivity (Wildman–Crippen MR) is 98.1 cm³/mol. The molecule has 3 aromatic rings. The summed E-state index contributed by atoms with van der Waals surface area (Å²) < 4.78 is 14.6. The van der Waals surface area contributed by atoms with Crippen LogP contribution in [-0.4, -0.2) is 23.2 Å². The van der Waals surface area contributed by atoms with Crippen LogP contribution in [0.25, 0.3) is 10.2 Å². The summed E-state index contributed by atoms with van der Waals surface area (Å²) in [7, 11) is 0. The fourth-order valence-electron chi connectivity index (χ4n) is 2.24. The molecule has 124 valence electrons. The van der Waals surface area contributed by atoms with Gasteiger partial charge in [0.15, 0.2) is 0 Å². The molecule has 3 rings (SSSR count). The monoisotopic (exact) mass is 360 g/mol. The number of carbonyl (C=O) groups is 1. The summed E-state index contributed by atoms with van der Waals surface area (Å²) in [5.41, 5.74) is 1.00. The van der Waals surface area contributed by atoms with Crippen LogP contribution in [-0.2, 0) is 11.2 Å². The van der Waals surface area contributed by atoms with E-state index < -0.39 is 0 Å². The fraction of sp³-hybridized carbons (Fsp3) is 0.222. The number of amides is 1. The summed E-state index contributed by atoms with van der Waals surface area (Å²) in [4.78, 5) is 17.0. The first-order chi connectivity index (χ1) is 11.7. The average Bonchev–Trinajstić information content (AvgIpc) is 2.99. The van der Waals surface area contributed by atoms with Gasteiger partial charge in [-0.1, -0.05) is 24.3 Å². The molecule has 0 aliphatic heterocycles. The summed E-state index contributed by atoms with van der Waals surface area (Å²) in [5, 5.41) is 3.92. The average molecular weight is 360 g/mol. The Morgan fingerprint density at radius 3 is 2.79 bits per heavy atom. The van der Waals surface area contributed by atoms with Crippen molar-refractivity contribution in [3.63, 3.8) is 0 Å².